The summed E-state index contributed by atoms with van der Waals surface area (Å²) in [5.41, 5.74) is 0. The summed E-state index contributed by atoms with van der Waals surface area (Å²) < 4.78 is 0. The fourth-order valence-corrected chi connectivity index (χ4v) is 2.24. The molecule has 1 aliphatic rings. The number of carbonyl (C=O) groups is 1. The van der Waals surface area contributed by atoms with Crippen LogP contribution < -0.4 is 10.6 Å². The first-order chi connectivity index (χ1) is 7.72. The van der Waals surface area contributed by atoms with Gasteiger partial charge in [0.1, 0.15) is 0 Å². The van der Waals surface area contributed by atoms with Gasteiger partial charge in [0.15, 0.2) is 0 Å². The zero-order valence-electron chi connectivity index (χ0n) is 10.6. The molecule has 0 aliphatic carbocycles. The number of carbonyl (C=O) groups excluding carboxylic acids is 1. The Bertz CT molecular complexity index is 208. The zero-order valence-corrected chi connectivity index (χ0v) is 10.6. The van der Waals surface area contributed by atoms with E-state index < -0.39 is 0 Å². The molecule has 0 aromatic rings. The van der Waals surface area contributed by atoms with Crippen molar-refractivity contribution in [3.8, 4) is 0 Å². The first-order valence-electron chi connectivity index (χ1n) is 6.32. The van der Waals surface area contributed by atoms with E-state index in [9.17, 15) is 4.79 Å². The van der Waals surface area contributed by atoms with E-state index in [1.807, 2.05) is 0 Å². The fraction of sp³-hybridized carbons (Fsp3) is 0.917. The van der Waals surface area contributed by atoms with Gasteiger partial charge < -0.3 is 15.5 Å². The van der Waals surface area contributed by atoms with Crippen molar-refractivity contribution in [1.82, 2.24) is 15.5 Å². The van der Waals surface area contributed by atoms with Gasteiger partial charge in [0.25, 0.3) is 0 Å². The van der Waals surface area contributed by atoms with E-state index in [4.69, 9.17) is 0 Å². The van der Waals surface area contributed by atoms with Crippen LogP contribution >= 0.6 is 0 Å². The van der Waals surface area contributed by atoms with Crippen molar-refractivity contribution in [2.75, 3.05) is 40.3 Å². The normalized spacial score (nSPS) is 22.0. The fourth-order valence-electron chi connectivity index (χ4n) is 2.24. The predicted octanol–water partition coefficient (Wildman–Crippen LogP) is 0.444. The first-order valence-corrected chi connectivity index (χ1v) is 6.32. The maximum Gasteiger partial charge on any atom is 0.219 e. The Labute approximate surface area is 98.8 Å². The van der Waals surface area contributed by atoms with Crippen molar-refractivity contribution in [2.24, 2.45) is 5.92 Å². The number of likely N-dealkylation sites (tertiary alicyclic amines) is 1. The van der Waals surface area contributed by atoms with E-state index in [0.29, 0.717) is 6.42 Å². The molecule has 0 spiro atoms. The zero-order chi connectivity index (χ0) is 11.8. The Morgan fingerprint density at radius 1 is 1.50 bits per heavy atom. The molecule has 16 heavy (non-hydrogen) atoms. The summed E-state index contributed by atoms with van der Waals surface area (Å²) in [7, 11) is 3.88. The summed E-state index contributed by atoms with van der Waals surface area (Å²) in [6, 6.07) is 0. The number of nitrogens with one attached hydrogen (secondary N) is 2. The van der Waals surface area contributed by atoms with E-state index in [0.717, 1.165) is 25.4 Å². The summed E-state index contributed by atoms with van der Waals surface area (Å²) in [6.07, 6.45) is 4.23. The van der Waals surface area contributed by atoms with E-state index in [-0.39, 0.29) is 5.91 Å². The van der Waals surface area contributed by atoms with Gasteiger partial charge in [-0.05, 0) is 51.9 Å². The van der Waals surface area contributed by atoms with Crippen LogP contribution in [0.2, 0.25) is 0 Å². The van der Waals surface area contributed by atoms with Gasteiger partial charge in [-0.25, -0.2) is 0 Å². The maximum atomic E-state index is 11.0. The highest BCUT2D eigenvalue weighted by atomic mass is 16.1. The van der Waals surface area contributed by atoms with Crippen LogP contribution in [0.3, 0.4) is 0 Å². The average molecular weight is 227 g/mol. The molecule has 1 fully saturated rings. The largest absolute Gasteiger partial charge is 0.359 e. The molecular weight excluding hydrogens is 202 g/mol. The number of nitrogens with zero attached hydrogens (tertiary/aromatic N) is 1. The molecule has 1 aliphatic heterocycles. The second kappa shape index (κ2) is 7.63. The Morgan fingerprint density at radius 3 is 3.00 bits per heavy atom. The molecule has 0 bridgehead atoms. The molecule has 2 N–H and O–H groups in total. The van der Waals surface area contributed by atoms with Crippen LogP contribution in [-0.4, -0.2) is 51.1 Å². The first kappa shape index (κ1) is 13.5. The van der Waals surface area contributed by atoms with Gasteiger partial charge >= 0.3 is 0 Å². The van der Waals surface area contributed by atoms with Crippen LogP contribution in [-0.2, 0) is 4.79 Å². The van der Waals surface area contributed by atoms with Crippen LogP contribution in [0.4, 0.5) is 0 Å². The lowest BCUT2D eigenvalue weighted by Gasteiger charge is -2.29. The van der Waals surface area contributed by atoms with E-state index in [1.54, 1.807) is 7.05 Å². The third kappa shape index (κ3) is 5.47. The van der Waals surface area contributed by atoms with Crippen molar-refractivity contribution >= 4 is 5.91 Å². The highest BCUT2D eigenvalue weighted by Gasteiger charge is 2.16. The standard InChI is InChI=1S/C12H25N3O/c1-13-12(16)6-3-7-14-9-11-5-4-8-15(2)10-11/h11,14H,3-10H2,1-2H3,(H,13,16). The van der Waals surface area contributed by atoms with Gasteiger partial charge in [0, 0.05) is 20.0 Å². The van der Waals surface area contributed by atoms with Crippen LogP contribution in [0.5, 0.6) is 0 Å². The molecule has 4 nitrogen and oxygen atoms in total. The van der Waals surface area contributed by atoms with Gasteiger partial charge in [-0.2, -0.15) is 0 Å². The summed E-state index contributed by atoms with van der Waals surface area (Å²) >= 11 is 0. The lowest BCUT2D eigenvalue weighted by Crippen LogP contribution is -2.37. The van der Waals surface area contributed by atoms with Crippen molar-refractivity contribution < 1.29 is 4.79 Å². The molecule has 94 valence electrons. The lowest BCUT2D eigenvalue weighted by atomic mass is 9.98. The molecule has 4 heteroatoms. The quantitative estimate of drug-likeness (QED) is 0.647. The molecule has 1 rings (SSSR count). The van der Waals surface area contributed by atoms with Crippen LogP contribution in [0, 0.1) is 5.92 Å². The molecule has 1 heterocycles. The number of amides is 1. The Hall–Kier alpha value is -0.610. The summed E-state index contributed by atoms with van der Waals surface area (Å²) in [6.45, 7) is 4.50. The molecule has 1 atom stereocenters. The molecular formula is C12H25N3O. The number of hydrogen-bond acceptors (Lipinski definition) is 3. The van der Waals surface area contributed by atoms with Crippen LogP contribution in [0.15, 0.2) is 0 Å². The molecule has 0 aromatic carbocycles. The predicted molar refractivity (Wildman–Crippen MR) is 66.4 cm³/mol. The second-order valence-electron chi connectivity index (χ2n) is 4.75. The number of hydrogen-bond donors (Lipinski definition) is 2. The summed E-state index contributed by atoms with van der Waals surface area (Å²) in [5, 5.41) is 6.09. The van der Waals surface area contributed by atoms with Gasteiger partial charge in [-0.15, -0.1) is 0 Å². The SMILES string of the molecule is CNC(=O)CCCNCC1CCCN(C)C1. The van der Waals surface area contributed by atoms with Gasteiger partial charge in [0.2, 0.25) is 5.91 Å². The van der Waals surface area contributed by atoms with E-state index in [2.05, 4.69) is 22.6 Å². The molecule has 0 radical (unpaired) electrons. The summed E-state index contributed by atoms with van der Waals surface area (Å²) in [4.78, 5) is 13.4. The highest BCUT2D eigenvalue weighted by molar-refractivity contribution is 5.75. The third-order valence-corrected chi connectivity index (χ3v) is 3.19. The van der Waals surface area contributed by atoms with Crippen LogP contribution in [0.1, 0.15) is 25.7 Å². The Kier molecular flexibility index (Phi) is 6.42. The lowest BCUT2D eigenvalue weighted by molar-refractivity contribution is -0.120. The second-order valence-corrected chi connectivity index (χ2v) is 4.75. The van der Waals surface area contributed by atoms with Crippen molar-refractivity contribution in [3.05, 3.63) is 0 Å². The minimum atomic E-state index is 0.138. The highest BCUT2D eigenvalue weighted by Crippen LogP contribution is 2.13. The minimum absolute atomic E-state index is 0.138. The molecule has 1 amide bonds. The van der Waals surface area contributed by atoms with Crippen molar-refractivity contribution in [1.29, 1.82) is 0 Å². The van der Waals surface area contributed by atoms with E-state index in [1.165, 1.54) is 25.9 Å². The minimum Gasteiger partial charge on any atom is -0.359 e. The Morgan fingerprint density at radius 2 is 2.31 bits per heavy atom. The van der Waals surface area contributed by atoms with Gasteiger partial charge in [0.05, 0.1) is 0 Å². The Balaban J connectivity index is 1.96. The smallest absolute Gasteiger partial charge is 0.219 e. The van der Waals surface area contributed by atoms with Crippen molar-refractivity contribution in [2.45, 2.75) is 25.7 Å². The molecule has 1 saturated heterocycles. The number of rotatable bonds is 6. The third-order valence-electron chi connectivity index (χ3n) is 3.19. The molecule has 0 saturated carbocycles. The van der Waals surface area contributed by atoms with Gasteiger partial charge in [-0.1, -0.05) is 0 Å². The van der Waals surface area contributed by atoms with Crippen molar-refractivity contribution in [3.63, 3.8) is 0 Å². The van der Waals surface area contributed by atoms with Crippen LogP contribution in [0.25, 0.3) is 0 Å². The maximum absolute atomic E-state index is 11.0. The molecule has 1 unspecified atom stereocenters. The summed E-state index contributed by atoms with van der Waals surface area (Å²) in [5.74, 6) is 0.929. The van der Waals surface area contributed by atoms with Gasteiger partial charge in [-0.3, -0.25) is 4.79 Å². The number of piperidine rings is 1. The van der Waals surface area contributed by atoms with E-state index >= 15 is 0 Å². The molecule has 0 aromatic heterocycles. The average Bonchev–Trinajstić information content (AvgIpc) is 2.28. The monoisotopic (exact) mass is 227 g/mol. The topological polar surface area (TPSA) is 44.4 Å².